The Morgan fingerprint density at radius 1 is 0.818 bits per heavy atom. The van der Waals surface area contributed by atoms with Crippen LogP contribution in [0, 0.1) is 0 Å². The van der Waals surface area contributed by atoms with Crippen molar-refractivity contribution < 1.29 is 9.47 Å². The summed E-state index contributed by atoms with van der Waals surface area (Å²) in [4.78, 5) is 1.27. The summed E-state index contributed by atoms with van der Waals surface area (Å²) in [7, 11) is 3.37. The molecule has 0 amide bonds. The molecule has 0 N–H and O–H groups in total. The third-order valence-electron chi connectivity index (χ3n) is 3.27. The highest BCUT2D eigenvalue weighted by Crippen LogP contribution is 2.49. The number of rotatable bonds is 4. The van der Waals surface area contributed by atoms with Gasteiger partial charge in [-0.2, -0.15) is 0 Å². The fourth-order valence-corrected chi connectivity index (χ4v) is 4.22. The first-order valence-electron chi connectivity index (χ1n) is 6.83. The fourth-order valence-electron chi connectivity index (χ4n) is 2.05. The topological polar surface area (TPSA) is 18.5 Å². The standard InChI is InChI=1S/C18H16O2S2/c1-19-15-7-3-13(4-8-15)11-18-21-12-17(22-18)14-5-9-16(20-2)10-6-14/h3-12H,1-2H3. The molecule has 1 aliphatic heterocycles. The van der Waals surface area contributed by atoms with Crippen molar-refractivity contribution in [3.63, 3.8) is 0 Å². The van der Waals surface area contributed by atoms with E-state index in [0.717, 1.165) is 11.5 Å². The van der Waals surface area contributed by atoms with E-state index in [2.05, 4.69) is 35.7 Å². The van der Waals surface area contributed by atoms with Gasteiger partial charge in [-0.15, -0.1) is 0 Å². The highest BCUT2D eigenvalue weighted by molar-refractivity contribution is 8.31. The second-order valence-corrected chi connectivity index (χ2v) is 6.92. The predicted octanol–water partition coefficient (Wildman–Crippen LogP) is 5.48. The largest absolute Gasteiger partial charge is 0.497 e. The van der Waals surface area contributed by atoms with E-state index in [-0.39, 0.29) is 0 Å². The highest BCUT2D eigenvalue weighted by atomic mass is 32.2. The van der Waals surface area contributed by atoms with Gasteiger partial charge in [-0.05, 0) is 46.9 Å². The highest BCUT2D eigenvalue weighted by Gasteiger charge is 2.13. The minimum atomic E-state index is 0.880. The lowest BCUT2D eigenvalue weighted by Gasteiger charge is -2.04. The Labute approximate surface area is 139 Å². The van der Waals surface area contributed by atoms with Crippen LogP contribution in [0.25, 0.3) is 11.0 Å². The molecule has 0 spiro atoms. The second-order valence-electron chi connectivity index (χ2n) is 4.67. The van der Waals surface area contributed by atoms with Crippen molar-refractivity contribution >= 4 is 34.5 Å². The van der Waals surface area contributed by atoms with Crippen molar-refractivity contribution in [2.45, 2.75) is 0 Å². The van der Waals surface area contributed by atoms with Gasteiger partial charge in [0.05, 0.1) is 14.2 Å². The molecule has 112 valence electrons. The lowest BCUT2D eigenvalue weighted by Crippen LogP contribution is -1.83. The maximum absolute atomic E-state index is 5.20. The lowest BCUT2D eigenvalue weighted by molar-refractivity contribution is 0.414. The van der Waals surface area contributed by atoms with Crippen molar-refractivity contribution in [3.05, 3.63) is 69.3 Å². The van der Waals surface area contributed by atoms with E-state index in [1.165, 1.54) is 20.3 Å². The Bertz CT molecular complexity index is 701. The molecule has 2 aromatic carbocycles. The summed E-state index contributed by atoms with van der Waals surface area (Å²) in [6, 6.07) is 16.3. The molecule has 0 saturated carbocycles. The van der Waals surface area contributed by atoms with Gasteiger partial charge in [0.25, 0.3) is 0 Å². The molecule has 1 aliphatic rings. The number of methoxy groups -OCH3 is 2. The second kappa shape index (κ2) is 6.99. The van der Waals surface area contributed by atoms with Crippen molar-refractivity contribution in [3.8, 4) is 11.5 Å². The maximum atomic E-state index is 5.20. The van der Waals surface area contributed by atoms with Crippen LogP contribution < -0.4 is 9.47 Å². The molecule has 0 saturated heterocycles. The number of thioether (sulfide) groups is 2. The molecular weight excluding hydrogens is 312 g/mol. The summed E-state index contributed by atoms with van der Waals surface area (Å²) < 4.78 is 11.7. The van der Waals surface area contributed by atoms with E-state index in [1.54, 1.807) is 37.7 Å². The van der Waals surface area contributed by atoms with Crippen LogP contribution in [0.2, 0.25) is 0 Å². The Kier molecular flexibility index (Phi) is 4.80. The van der Waals surface area contributed by atoms with Crippen LogP contribution in [-0.2, 0) is 0 Å². The molecule has 2 nitrogen and oxygen atoms in total. The average Bonchev–Trinajstić information content (AvgIpc) is 3.04. The molecule has 0 unspecified atom stereocenters. The maximum Gasteiger partial charge on any atom is 0.118 e. The molecule has 0 atom stereocenters. The fraction of sp³-hybridized carbons (Fsp3) is 0.111. The van der Waals surface area contributed by atoms with E-state index in [9.17, 15) is 0 Å². The predicted molar refractivity (Wildman–Crippen MR) is 97.1 cm³/mol. The monoisotopic (exact) mass is 328 g/mol. The molecule has 0 aliphatic carbocycles. The quantitative estimate of drug-likeness (QED) is 0.739. The van der Waals surface area contributed by atoms with Crippen LogP contribution >= 0.6 is 23.5 Å². The van der Waals surface area contributed by atoms with Crippen molar-refractivity contribution in [1.29, 1.82) is 0 Å². The van der Waals surface area contributed by atoms with Gasteiger partial charge in [0, 0.05) is 9.14 Å². The van der Waals surface area contributed by atoms with Crippen molar-refractivity contribution in [2.24, 2.45) is 0 Å². The molecule has 0 fully saturated rings. The van der Waals surface area contributed by atoms with Crippen LogP contribution in [-0.4, -0.2) is 14.2 Å². The third kappa shape index (κ3) is 3.51. The number of hydrogen-bond acceptors (Lipinski definition) is 4. The van der Waals surface area contributed by atoms with Gasteiger partial charge >= 0.3 is 0 Å². The summed E-state index contributed by atoms with van der Waals surface area (Å²) in [5, 5.41) is 2.20. The van der Waals surface area contributed by atoms with Crippen LogP contribution in [0.5, 0.6) is 11.5 Å². The normalized spacial score (nSPS) is 15.7. The van der Waals surface area contributed by atoms with Crippen molar-refractivity contribution in [1.82, 2.24) is 0 Å². The van der Waals surface area contributed by atoms with E-state index < -0.39 is 0 Å². The van der Waals surface area contributed by atoms with Gasteiger partial charge in [0.1, 0.15) is 11.5 Å². The van der Waals surface area contributed by atoms with Crippen LogP contribution in [0.15, 0.2) is 58.2 Å². The lowest BCUT2D eigenvalue weighted by atomic mass is 10.2. The first-order valence-corrected chi connectivity index (χ1v) is 8.53. The molecular formula is C18H16O2S2. The minimum absolute atomic E-state index is 0.880. The van der Waals surface area contributed by atoms with E-state index in [0.29, 0.717) is 0 Å². The van der Waals surface area contributed by atoms with Crippen LogP contribution in [0.1, 0.15) is 11.1 Å². The number of hydrogen-bond donors (Lipinski definition) is 0. The Morgan fingerprint density at radius 2 is 1.41 bits per heavy atom. The summed E-state index contributed by atoms with van der Waals surface area (Å²) in [6.45, 7) is 0. The molecule has 3 rings (SSSR count). The zero-order valence-corrected chi connectivity index (χ0v) is 14.0. The third-order valence-corrected chi connectivity index (χ3v) is 5.55. The Hall–Kier alpha value is -1.78. The Balaban J connectivity index is 1.70. The SMILES string of the molecule is COc1ccc(C=C2SC=C(c3ccc(OC)cc3)S2)cc1. The molecule has 0 radical (unpaired) electrons. The molecule has 1 heterocycles. The Morgan fingerprint density at radius 3 is 2.00 bits per heavy atom. The van der Waals surface area contributed by atoms with Gasteiger partial charge in [0.2, 0.25) is 0 Å². The smallest absolute Gasteiger partial charge is 0.118 e. The first-order chi connectivity index (χ1) is 10.8. The average molecular weight is 328 g/mol. The molecule has 0 aromatic heterocycles. The zero-order chi connectivity index (χ0) is 15.4. The van der Waals surface area contributed by atoms with E-state index in [4.69, 9.17) is 9.47 Å². The number of ether oxygens (including phenoxy) is 2. The summed E-state index contributed by atoms with van der Waals surface area (Å²) in [6.07, 6.45) is 2.20. The van der Waals surface area contributed by atoms with Gasteiger partial charge < -0.3 is 9.47 Å². The summed E-state index contributed by atoms with van der Waals surface area (Å²) in [5.74, 6) is 1.76. The van der Waals surface area contributed by atoms with E-state index >= 15 is 0 Å². The number of benzene rings is 2. The summed E-state index contributed by atoms with van der Waals surface area (Å²) in [5.41, 5.74) is 2.40. The van der Waals surface area contributed by atoms with Crippen LogP contribution in [0.3, 0.4) is 0 Å². The van der Waals surface area contributed by atoms with Gasteiger partial charge in [-0.25, -0.2) is 0 Å². The van der Waals surface area contributed by atoms with Gasteiger partial charge in [0.15, 0.2) is 0 Å². The molecule has 22 heavy (non-hydrogen) atoms. The first kappa shape index (κ1) is 15.1. The minimum Gasteiger partial charge on any atom is -0.497 e. The molecule has 2 aromatic rings. The molecule has 4 heteroatoms. The summed E-state index contributed by atoms with van der Waals surface area (Å²) >= 11 is 3.55. The van der Waals surface area contributed by atoms with E-state index in [1.807, 2.05) is 24.3 Å². The van der Waals surface area contributed by atoms with Crippen LogP contribution in [0.4, 0.5) is 0 Å². The zero-order valence-electron chi connectivity index (χ0n) is 12.4. The van der Waals surface area contributed by atoms with Crippen molar-refractivity contribution in [2.75, 3.05) is 14.2 Å². The van der Waals surface area contributed by atoms with Gasteiger partial charge in [-0.1, -0.05) is 47.8 Å². The van der Waals surface area contributed by atoms with Gasteiger partial charge in [-0.3, -0.25) is 0 Å². The molecule has 0 bridgehead atoms.